The molecule has 118 valence electrons. The molecule has 1 aliphatic rings. The predicted octanol–water partition coefficient (Wildman–Crippen LogP) is 1.26. The Bertz CT molecular complexity index is 557. The number of pyridine rings is 1. The van der Waals surface area contributed by atoms with Crippen molar-refractivity contribution in [2.75, 3.05) is 26.0 Å². The Kier molecular flexibility index (Phi) is 5.18. The molecule has 1 fully saturated rings. The number of anilines is 1. The van der Waals surface area contributed by atoms with Crippen molar-refractivity contribution in [1.82, 2.24) is 9.29 Å². The third-order valence-corrected chi connectivity index (χ3v) is 5.86. The van der Waals surface area contributed by atoms with Crippen molar-refractivity contribution in [3.63, 3.8) is 0 Å². The summed E-state index contributed by atoms with van der Waals surface area (Å²) in [5.74, 6) is 1.17. The molecule has 1 aliphatic carbocycles. The SMILES string of the molecule is CN(C)S(=O)(=O)c1ccc(NC2CCCCC2CN)nc1. The summed E-state index contributed by atoms with van der Waals surface area (Å²) in [7, 11) is -0.401. The van der Waals surface area contributed by atoms with Gasteiger partial charge in [-0.1, -0.05) is 12.8 Å². The van der Waals surface area contributed by atoms with Gasteiger partial charge in [0.05, 0.1) is 0 Å². The van der Waals surface area contributed by atoms with Gasteiger partial charge in [-0.3, -0.25) is 0 Å². The van der Waals surface area contributed by atoms with Crippen LogP contribution < -0.4 is 11.1 Å². The molecule has 0 amide bonds. The van der Waals surface area contributed by atoms with Gasteiger partial charge in [-0.05, 0) is 37.4 Å². The number of hydrogen-bond donors (Lipinski definition) is 2. The van der Waals surface area contributed by atoms with Crippen LogP contribution in [0, 0.1) is 5.92 Å². The second-order valence-electron chi connectivity index (χ2n) is 5.70. The third-order valence-electron chi connectivity index (χ3n) is 4.06. The Hall–Kier alpha value is -1.18. The molecule has 0 radical (unpaired) electrons. The second-order valence-corrected chi connectivity index (χ2v) is 7.85. The molecule has 0 saturated heterocycles. The van der Waals surface area contributed by atoms with Crippen LogP contribution in [0.3, 0.4) is 0 Å². The molecule has 2 unspecified atom stereocenters. The van der Waals surface area contributed by atoms with Crippen molar-refractivity contribution in [2.24, 2.45) is 11.7 Å². The van der Waals surface area contributed by atoms with Gasteiger partial charge in [-0.25, -0.2) is 17.7 Å². The summed E-state index contributed by atoms with van der Waals surface area (Å²) in [4.78, 5) is 4.44. The molecule has 2 atom stereocenters. The molecule has 2 rings (SSSR count). The van der Waals surface area contributed by atoms with E-state index >= 15 is 0 Å². The smallest absolute Gasteiger partial charge is 0.244 e. The zero-order valence-corrected chi connectivity index (χ0v) is 13.4. The van der Waals surface area contributed by atoms with E-state index in [1.807, 2.05) is 0 Å². The number of sulfonamides is 1. The summed E-state index contributed by atoms with van der Waals surface area (Å²) in [6.45, 7) is 0.671. The molecule has 0 spiro atoms. The Balaban J connectivity index is 2.09. The molecule has 1 saturated carbocycles. The summed E-state index contributed by atoms with van der Waals surface area (Å²) < 4.78 is 25.1. The lowest BCUT2D eigenvalue weighted by atomic mass is 9.84. The van der Waals surface area contributed by atoms with Crippen LogP contribution in [0.2, 0.25) is 0 Å². The van der Waals surface area contributed by atoms with Crippen molar-refractivity contribution in [3.8, 4) is 0 Å². The van der Waals surface area contributed by atoms with E-state index in [-0.39, 0.29) is 4.90 Å². The first-order chi connectivity index (χ1) is 9.95. The summed E-state index contributed by atoms with van der Waals surface area (Å²) >= 11 is 0. The average molecular weight is 312 g/mol. The third kappa shape index (κ3) is 3.72. The fourth-order valence-corrected chi connectivity index (χ4v) is 3.55. The maximum Gasteiger partial charge on any atom is 0.244 e. The van der Waals surface area contributed by atoms with Crippen LogP contribution in [0.5, 0.6) is 0 Å². The first-order valence-corrected chi connectivity index (χ1v) is 8.74. The maximum absolute atomic E-state index is 12.0. The Morgan fingerprint density at radius 2 is 2.05 bits per heavy atom. The summed E-state index contributed by atoms with van der Waals surface area (Å²) in [5, 5.41) is 3.39. The van der Waals surface area contributed by atoms with E-state index in [1.54, 1.807) is 12.1 Å². The maximum atomic E-state index is 12.0. The van der Waals surface area contributed by atoms with Crippen molar-refractivity contribution in [1.29, 1.82) is 0 Å². The topological polar surface area (TPSA) is 88.3 Å². The number of rotatable bonds is 5. The van der Waals surface area contributed by atoms with Crippen LogP contribution in [0.15, 0.2) is 23.2 Å². The minimum absolute atomic E-state index is 0.206. The molecule has 3 N–H and O–H groups in total. The van der Waals surface area contributed by atoms with Crippen molar-refractivity contribution >= 4 is 15.8 Å². The Morgan fingerprint density at radius 3 is 2.62 bits per heavy atom. The van der Waals surface area contributed by atoms with Crippen molar-refractivity contribution in [3.05, 3.63) is 18.3 Å². The van der Waals surface area contributed by atoms with E-state index in [9.17, 15) is 8.42 Å². The second kappa shape index (κ2) is 6.72. The number of nitrogens with one attached hydrogen (secondary N) is 1. The first-order valence-electron chi connectivity index (χ1n) is 7.30. The van der Waals surface area contributed by atoms with Crippen molar-refractivity contribution in [2.45, 2.75) is 36.6 Å². The minimum Gasteiger partial charge on any atom is -0.367 e. The van der Waals surface area contributed by atoms with Gasteiger partial charge < -0.3 is 11.1 Å². The molecular formula is C14H24N4O2S. The van der Waals surface area contributed by atoms with Crippen LogP contribution in [0.1, 0.15) is 25.7 Å². The lowest BCUT2D eigenvalue weighted by Crippen LogP contribution is -2.36. The van der Waals surface area contributed by atoms with E-state index in [2.05, 4.69) is 10.3 Å². The van der Waals surface area contributed by atoms with Gasteiger partial charge in [0.2, 0.25) is 10.0 Å². The molecule has 0 aromatic carbocycles. The van der Waals surface area contributed by atoms with E-state index in [1.165, 1.54) is 37.4 Å². The highest BCUT2D eigenvalue weighted by atomic mass is 32.2. The quantitative estimate of drug-likeness (QED) is 0.854. The van der Waals surface area contributed by atoms with E-state index < -0.39 is 10.0 Å². The lowest BCUT2D eigenvalue weighted by Gasteiger charge is -2.31. The lowest BCUT2D eigenvalue weighted by molar-refractivity contribution is 0.332. The predicted molar refractivity (Wildman–Crippen MR) is 83.5 cm³/mol. The molecule has 6 nitrogen and oxygen atoms in total. The van der Waals surface area contributed by atoms with Gasteiger partial charge in [0, 0.05) is 26.3 Å². The highest BCUT2D eigenvalue weighted by molar-refractivity contribution is 7.89. The minimum atomic E-state index is -3.42. The van der Waals surface area contributed by atoms with Crippen LogP contribution in [0.4, 0.5) is 5.82 Å². The van der Waals surface area contributed by atoms with Crippen molar-refractivity contribution < 1.29 is 8.42 Å². The highest BCUT2D eigenvalue weighted by Gasteiger charge is 2.24. The van der Waals surface area contributed by atoms with E-state index in [0.29, 0.717) is 24.3 Å². The molecule has 7 heteroatoms. The van der Waals surface area contributed by atoms with Gasteiger partial charge in [0.15, 0.2) is 0 Å². The van der Waals surface area contributed by atoms with Crippen LogP contribution in [-0.4, -0.2) is 44.4 Å². The van der Waals surface area contributed by atoms with Gasteiger partial charge in [-0.2, -0.15) is 0 Å². The van der Waals surface area contributed by atoms with E-state index in [4.69, 9.17) is 5.73 Å². The summed E-state index contributed by atoms with van der Waals surface area (Å²) in [6, 6.07) is 3.64. The average Bonchev–Trinajstić information content (AvgIpc) is 2.48. The van der Waals surface area contributed by atoms with Gasteiger partial charge in [0.25, 0.3) is 0 Å². The number of nitrogens with two attached hydrogens (primary N) is 1. The summed E-state index contributed by atoms with van der Waals surface area (Å²) in [5.41, 5.74) is 5.82. The van der Waals surface area contributed by atoms with Gasteiger partial charge in [0.1, 0.15) is 10.7 Å². The molecule has 1 heterocycles. The zero-order valence-electron chi connectivity index (χ0n) is 12.6. The molecule has 0 bridgehead atoms. The summed E-state index contributed by atoms with van der Waals surface area (Å²) in [6.07, 6.45) is 6.05. The Labute approximate surface area is 126 Å². The van der Waals surface area contributed by atoms with E-state index in [0.717, 1.165) is 12.8 Å². The number of hydrogen-bond acceptors (Lipinski definition) is 5. The number of nitrogens with zero attached hydrogens (tertiary/aromatic N) is 2. The van der Waals surface area contributed by atoms with Crippen LogP contribution in [0.25, 0.3) is 0 Å². The fraction of sp³-hybridized carbons (Fsp3) is 0.643. The molecule has 1 aromatic heterocycles. The normalized spacial score (nSPS) is 23.2. The standard InChI is InChI=1S/C14H24N4O2S/c1-18(2)21(19,20)12-7-8-14(16-10-12)17-13-6-4-3-5-11(13)9-15/h7-8,10-11,13H,3-6,9,15H2,1-2H3,(H,16,17). The largest absolute Gasteiger partial charge is 0.367 e. The molecule has 0 aliphatic heterocycles. The zero-order chi connectivity index (χ0) is 15.5. The molecular weight excluding hydrogens is 288 g/mol. The molecule has 21 heavy (non-hydrogen) atoms. The Morgan fingerprint density at radius 1 is 1.33 bits per heavy atom. The molecule has 1 aromatic rings. The first kappa shape index (κ1) is 16.2. The van der Waals surface area contributed by atoms with Crippen LogP contribution in [-0.2, 0) is 10.0 Å². The highest BCUT2D eigenvalue weighted by Crippen LogP contribution is 2.26. The number of aromatic nitrogens is 1. The fourth-order valence-electron chi connectivity index (χ4n) is 2.70. The van der Waals surface area contributed by atoms with Gasteiger partial charge >= 0.3 is 0 Å². The van der Waals surface area contributed by atoms with Gasteiger partial charge in [-0.15, -0.1) is 0 Å². The van der Waals surface area contributed by atoms with Crippen LogP contribution >= 0.6 is 0 Å². The monoisotopic (exact) mass is 312 g/mol.